The van der Waals surface area contributed by atoms with Gasteiger partial charge in [-0.2, -0.15) is 0 Å². The van der Waals surface area contributed by atoms with Gasteiger partial charge in [-0.3, -0.25) is 9.69 Å². The zero-order chi connectivity index (χ0) is 12.4. The SMILES string of the molecule is CN(Cc1ccc(Cl)s1)C(=O)CN1CC(O)C1. The van der Waals surface area contributed by atoms with E-state index in [-0.39, 0.29) is 12.0 Å². The van der Waals surface area contributed by atoms with E-state index in [9.17, 15) is 4.79 Å². The van der Waals surface area contributed by atoms with Crippen molar-refractivity contribution in [3.05, 3.63) is 21.3 Å². The Bertz CT molecular complexity index is 404. The third kappa shape index (κ3) is 3.42. The number of aliphatic hydroxyl groups excluding tert-OH is 1. The van der Waals surface area contributed by atoms with Crippen LogP contribution in [0.3, 0.4) is 0 Å². The third-order valence-electron chi connectivity index (χ3n) is 2.74. The molecule has 0 bridgehead atoms. The highest BCUT2D eigenvalue weighted by Gasteiger charge is 2.26. The number of carbonyl (C=O) groups is 1. The number of hydrogen-bond donors (Lipinski definition) is 1. The first kappa shape index (κ1) is 12.8. The Kier molecular flexibility index (Phi) is 4.04. The van der Waals surface area contributed by atoms with Gasteiger partial charge >= 0.3 is 0 Å². The zero-order valence-corrected chi connectivity index (χ0v) is 11.2. The minimum Gasteiger partial charge on any atom is -0.390 e. The second-order valence-electron chi connectivity index (χ2n) is 4.30. The van der Waals surface area contributed by atoms with E-state index in [2.05, 4.69) is 0 Å². The number of nitrogens with zero attached hydrogens (tertiary/aromatic N) is 2. The van der Waals surface area contributed by atoms with Gasteiger partial charge in [0, 0.05) is 25.0 Å². The molecular weight excluding hydrogens is 260 g/mol. The van der Waals surface area contributed by atoms with E-state index in [1.54, 1.807) is 11.9 Å². The van der Waals surface area contributed by atoms with E-state index < -0.39 is 0 Å². The molecule has 17 heavy (non-hydrogen) atoms. The molecule has 1 aromatic rings. The zero-order valence-electron chi connectivity index (χ0n) is 9.60. The van der Waals surface area contributed by atoms with Crippen molar-refractivity contribution in [2.24, 2.45) is 0 Å². The predicted molar refractivity (Wildman–Crippen MR) is 68.2 cm³/mol. The molecule has 1 amide bonds. The summed E-state index contributed by atoms with van der Waals surface area (Å²) in [5, 5.41) is 9.13. The molecule has 2 rings (SSSR count). The normalized spacial score (nSPS) is 16.9. The lowest BCUT2D eigenvalue weighted by Gasteiger charge is -2.36. The van der Waals surface area contributed by atoms with Crippen LogP contribution in [0.25, 0.3) is 0 Å². The van der Waals surface area contributed by atoms with Crippen molar-refractivity contribution in [1.29, 1.82) is 0 Å². The van der Waals surface area contributed by atoms with Gasteiger partial charge in [-0.1, -0.05) is 11.6 Å². The van der Waals surface area contributed by atoms with Gasteiger partial charge in [0.1, 0.15) is 0 Å². The lowest BCUT2D eigenvalue weighted by Crippen LogP contribution is -2.53. The summed E-state index contributed by atoms with van der Waals surface area (Å²) in [5.74, 6) is 0.0708. The van der Waals surface area contributed by atoms with Gasteiger partial charge in [-0.05, 0) is 12.1 Å². The smallest absolute Gasteiger partial charge is 0.236 e. The third-order valence-corrected chi connectivity index (χ3v) is 3.96. The lowest BCUT2D eigenvalue weighted by atomic mass is 10.2. The predicted octanol–water partition coefficient (Wildman–Crippen LogP) is 1.04. The van der Waals surface area contributed by atoms with Crippen molar-refractivity contribution >= 4 is 28.8 Å². The Morgan fingerprint density at radius 3 is 2.88 bits per heavy atom. The lowest BCUT2D eigenvalue weighted by molar-refractivity contribution is -0.134. The monoisotopic (exact) mass is 274 g/mol. The van der Waals surface area contributed by atoms with Crippen molar-refractivity contribution in [1.82, 2.24) is 9.80 Å². The van der Waals surface area contributed by atoms with Crippen molar-refractivity contribution in [2.45, 2.75) is 12.6 Å². The molecular formula is C11H15ClN2O2S. The van der Waals surface area contributed by atoms with E-state index in [0.29, 0.717) is 26.2 Å². The highest BCUT2D eigenvalue weighted by molar-refractivity contribution is 7.16. The maximum atomic E-state index is 11.8. The van der Waals surface area contributed by atoms with E-state index in [1.807, 2.05) is 17.0 Å². The van der Waals surface area contributed by atoms with Crippen LogP contribution in [0.4, 0.5) is 0 Å². The molecule has 0 atom stereocenters. The van der Waals surface area contributed by atoms with Crippen LogP contribution in [-0.4, -0.2) is 53.6 Å². The summed E-state index contributed by atoms with van der Waals surface area (Å²) in [6.45, 7) is 2.17. The largest absolute Gasteiger partial charge is 0.390 e. The van der Waals surface area contributed by atoms with E-state index >= 15 is 0 Å². The average molecular weight is 275 g/mol. The number of likely N-dealkylation sites (N-methyl/N-ethyl adjacent to an activating group) is 1. The molecule has 1 N–H and O–H groups in total. The van der Waals surface area contributed by atoms with Crippen LogP contribution in [0, 0.1) is 0 Å². The molecule has 6 heteroatoms. The molecule has 0 spiro atoms. The highest BCUT2D eigenvalue weighted by Crippen LogP contribution is 2.22. The van der Waals surface area contributed by atoms with Crippen LogP contribution in [0.5, 0.6) is 0 Å². The first-order valence-electron chi connectivity index (χ1n) is 5.43. The number of rotatable bonds is 4. The van der Waals surface area contributed by atoms with Crippen LogP contribution in [0.1, 0.15) is 4.88 Å². The van der Waals surface area contributed by atoms with Crippen LogP contribution in [-0.2, 0) is 11.3 Å². The van der Waals surface area contributed by atoms with Crippen molar-refractivity contribution in [2.75, 3.05) is 26.7 Å². The van der Waals surface area contributed by atoms with Gasteiger partial charge in [0.2, 0.25) is 5.91 Å². The molecule has 1 aliphatic heterocycles. The summed E-state index contributed by atoms with van der Waals surface area (Å²) in [6, 6.07) is 3.77. The van der Waals surface area contributed by atoms with Gasteiger partial charge < -0.3 is 10.0 Å². The fraction of sp³-hybridized carbons (Fsp3) is 0.545. The molecule has 0 unspecified atom stereocenters. The molecule has 0 saturated carbocycles. The molecule has 94 valence electrons. The van der Waals surface area contributed by atoms with Crippen LogP contribution >= 0.6 is 22.9 Å². The topological polar surface area (TPSA) is 43.8 Å². The van der Waals surface area contributed by atoms with Gasteiger partial charge in [0.15, 0.2) is 0 Å². The Morgan fingerprint density at radius 1 is 1.65 bits per heavy atom. The Labute approximate surface area is 109 Å². The van der Waals surface area contributed by atoms with E-state index in [4.69, 9.17) is 16.7 Å². The molecule has 0 aromatic carbocycles. The number of thiophene rings is 1. The maximum Gasteiger partial charge on any atom is 0.236 e. The van der Waals surface area contributed by atoms with Gasteiger partial charge in [-0.25, -0.2) is 0 Å². The van der Waals surface area contributed by atoms with Gasteiger partial charge in [0.05, 0.1) is 23.5 Å². The minimum atomic E-state index is -0.260. The first-order valence-corrected chi connectivity index (χ1v) is 6.62. The Balaban J connectivity index is 1.79. The quantitative estimate of drug-likeness (QED) is 0.892. The minimum absolute atomic E-state index is 0.0708. The molecule has 1 saturated heterocycles. The van der Waals surface area contributed by atoms with Crippen molar-refractivity contribution in [3.63, 3.8) is 0 Å². The Morgan fingerprint density at radius 2 is 2.35 bits per heavy atom. The highest BCUT2D eigenvalue weighted by atomic mass is 35.5. The van der Waals surface area contributed by atoms with Crippen molar-refractivity contribution < 1.29 is 9.90 Å². The number of halogens is 1. The summed E-state index contributed by atoms with van der Waals surface area (Å²) in [6.07, 6.45) is -0.260. The number of aliphatic hydroxyl groups is 1. The summed E-state index contributed by atoms with van der Waals surface area (Å²) < 4.78 is 0.742. The molecule has 1 aromatic heterocycles. The first-order chi connectivity index (χ1) is 8.04. The Hall–Kier alpha value is -0.620. The number of β-amino-alcohol motifs (C(OH)–C–C–N with tert-alkyl or cyclic N) is 1. The number of hydrogen-bond acceptors (Lipinski definition) is 4. The summed E-state index contributed by atoms with van der Waals surface area (Å²) in [5.41, 5.74) is 0. The van der Waals surface area contributed by atoms with Crippen LogP contribution in [0.2, 0.25) is 4.34 Å². The van der Waals surface area contributed by atoms with E-state index in [0.717, 1.165) is 9.21 Å². The molecule has 4 nitrogen and oxygen atoms in total. The number of likely N-dealkylation sites (tertiary alicyclic amines) is 1. The standard InChI is InChI=1S/C11H15ClN2O2S/c1-13(6-9-2-3-10(12)17-9)11(16)7-14-4-8(15)5-14/h2-3,8,15H,4-7H2,1H3. The molecule has 0 aliphatic carbocycles. The molecule has 0 radical (unpaired) electrons. The fourth-order valence-electron chi connectivity index (χ4n) is 1.74. The molecule has 1 aliphatic rings. The summed E-state index contributed by atoms with van der Waals surface area (Å²) >= 11 is 7.32. The van der Waals surface area contributed by atoms with Crippen LogP contribution in [0.15, 0.2) is 12.1 Å². The molecule has 2 heterocycles. The van der Waals surface area contributed by atoms with E-state index in [1.165, 1.54) is 11.3 Å². The summed E-state index contributed by atoms with van der Waals surface area (Å²) in [4.78, 5) is 16.5. The summed E-state index contributed by atoms with van der Waals surface area (Å²) in [7, 11) is 1.78. The average Bonchev–Trinajstić information content (AvgIpc) is 2.61. The second kappa shape index (κ2) is 5.35. The number of carbonyl (C=O) groups excluding carboxylic acids is 1. The van der Waals surface area contributed by atoms with Gasteiger partial charge in [-0.15, -0.1) is 11.3 Å². The van der Waals surface area contributed by atoms with Gasteiger partial charge in [0.25, 0.3) is 0 Å². The van der Waals surface area contributed by atoms with Crippen molar-refractivity contribution in [3.8, 4) is 0 Å². The number of amides is 1. The molecule has 1 fully saturated rings. The fourth-order valence-corrected chi connectivity index (χ4v) is 2.88. The maximum absolute atomic E-state index is 11.8. The second-order valence-corrected chi connectivity index (χ2v) is 6.10. The van der Waals surface area contributed by atoms with Crippen LogP contribution < -0.4 is 0 Å².